The number of benzene rings is 9. The maximum Gasteiger partial charge on any atom is 0.164 e. The van der Waals surface area contributed by atoms with E-state index in [1.807, 2.05) is 72.8 Å². The first kappa shape index (κ1) is 30.3. The lowest BCUT2D eigenvalue weighted by Crippen LogP contribution is -2.11. The van der Waals surface area contributed by atoms with E-state index in [0.717, 1.165) is 55.7 Å². The molecule has 0 amide bonds. The molecule has 54 heavy (non-hydrogen) atoms. The monoisotopic (exact) mass is 690 g/mol. The molecule has 0 saturated carbocycles. The zero-order valence-electron chi connectivity index (χ0n) is 29.0. The standard InChI is InChI=1S/C49H30N4O/c1-3-11-34(12-4-1)47-50-48(35-13-5-2-6-14-35)52-49(51-47)36-23-27-37(28-24-36)53(41-18-10-20-43-46(41)39-17-7-8-19-42(39)54-43)40-30-26-33-22-21-31-15-9-16-32-25-29-38(40)45(33)44(31)32/h1-30H. The highest BCUT2D eigenvalue weighted by molar-refractivity contribution is 6.26. The van der Waals surface area contributed by atoms with Crippen LogP contribution in [0.3, 0.4) is 0 Å². The quantitative estimate of drug-likeness (QED) is 0.163. The van der Waals surface area contributed by atoms with Crippen LogP contribution in [0.1, 0.15) is 0 Å². The summed E-state index contributed by atoms with van der Waals surface area (Å²) in [5.41, 5.74) is 7.63. The molecule has 0 atom stereocenters. The van der Waals surface area contributed by atoms with Gasteiger partial charge < -0.3 is 9.32 Å². The molecule has 2 heterocycles. The molecule has 2 aromatic heterocycles. The van der Waals surface area contributed by atoms with Gasteiger partial charge in [0.2, 0.25) is 0 Å². The highest BCUT2D eigenvalue weighted by Crippen LogP contribution is 2.47. The number of fused-ring (bicyclic) bond motifs is 3. The molecule has 0 aliphatic rings. The minimum Gasteiger partial charge on any atom is -0.456 e. The average molecular weight is 691 g/mol. The second kappa shape index (κ2) is 12.1. The Bertz CT molecular complexity index is 3080. The van der Waals surface area contributed by atoms with Crippen molar-refractivity contribution in [2.75, 3.05) is 4.90 Å². The van der Waals surface area contributed by atoms with E-state index >= 15 is 0 Å². The molecule has 11 aromatic rings. The Morgan fingerprint density at radius 1 is 0.333 bits per heavy atom. The molecule has 0 N–H and O–H groups in total. The van der Waals surface area contributed by atoms with Crippen molar-refractivity contribution in [3.63, 3.8) is 0 Å². The lowest BCUT2D eigenvalue weighted by atomic mass is 9.93. The Morgan fingerprint density at radius 2 is 0.870 bits per heavy atom. The largest absolute Gasteiger partial charge is 0.456 e. The molecule has 0 spiro atoms. The highest BCUT2D eigenvalue weighted by Gasteiger charge is 2.23. The molecule has 0 fully saturated rings. The van der Waals surface area contributed by atoms with Crippen LogP contribution < -0.4 is 4.90 Å². The summed E-state index contributed by atoms with van der Waals surface area (Å²) < 4.78 is 6.42. The fourth-order valence-corrected chi connectivity index (χ4v) is 7.96. The van der Waals surface area contributed by atoms with Crippen LogP contribution in [0.25, 0.3) is 88.4 Å². The van der Waals surface area contributed by atoms with Crippen LogP contribution in [0.2, 0.25) is 0 Å². The summed E-state index contributed by atoms with van der Waals surface area (Å²) in [5, 5.41) is 9.58. The van der Waals surface area contributed by atoms with E-state index in [1.165, 1.54) is 32.3 Å². The van der Waals surface area contributed by atoms with Crippen molar-refractivity contribution < 1.29 is 4.42 Å². The van der Waals surface area contributed by atoms with Crippen molar-refractivity contribution in [3.8, 4) is 34.2 Å². The molecular formula is C49H30N4O. The van der Waals surface area contributed by atoms with Gasteiger partial charge in [-0.05, 0) is 75.5 Å². The minimum atomic E-state index is 0.617. The first-order valence-corrected chi connectivity index (χ1v) is 18.1. The van der Waals surface area contributed by atoms with E-state index in [9.17, 15) is 0 Å². The summed E-state index contributed by atoms with van der Waals surface area (Å²) in [7, 11) is 0. The topological polar surface area (TPSA) is 55.1 Å². The maximum absolute atomic E-state index is 6.42. The van der Waals surface area contributed by atoms with E-state index in [0.29, 0.717) is 17.5 Å². The van der Waals surface area contributed by atoms with Crippen LogP contribution in [0.15, 0.2) is 186 Å². The molecule has 9 aromatic carbocycles. The van der Waals surface area contributed by atoms with Gasteiger partial charge in [0.15, 0.2) is 17.5 Å². The molecule has 252 valence electrons. The normalized spacial score (nSPS) is 11.7. The van der Waals surface area contributed by atoms with E-state index in [1.54, 1.807) is 0 Å². The Labute approximate surface area is 310 Å². The highest BCUT2D eigenvalue weighted by atomic mass is 16.3. The average Bonchev–Trinajstić information content (AvgIpc) is 3.63. The molecule has 0 aliphatic carbocycles. The van der Waals surface area contributed by atoms with Gasteiger partial charge in [0, 0.05) is 33.2 Å². The zero-order chi connectivity index (χ0) is 35.6. The SMILES string of the molecule is c1ccc(-c2nc(-c3ccccc3)nc(-c3ccc(N(c4ccc5ccc6cccc7ccc4c5c67)c4cccc5oc6ccccc6c45)cc3)n2)cc1. The Kier molecular flexibility index (Phi) is 6.79. The number of rotatable bonds is 6. The summed E-state index contributed by atoms with van der Waals surface area (Å²) >= 11 is 0. The van der Waals surface area contributed by atoms with Crippen molar-refractivity contribution in [1.82, 2.24) is 15.0 Å². The smallest absolute Gasteiger partial charge is 0.164 e. The van der Waals surface area contributed by atoms with Crippen molar-refractivity contribution in [1.29, 1.82) is 0 Å². The number of furan rings is 1. The third-order valence-corrected chi connectivity index (χ3v) is 10.5. The third-order valence-electron chi connectivity index (χ3n) is 10.5. The molecular weight excluding hydrogens is 661 g/mol. The zero-order valence-corrected chi connectivity index (χ0v) is 29.0. The number of aromatic nitrogens is 3. The van der Waals surface area contributed by atoms with Crippen LogP contribution >= 0.6 is 0 Å². The first-order valence-electron chi connectivity index (χ1n) is 18.1. The lowest BCUT2D eigenvalue weighted by molar-refractivity contribution is 0.669. The van der Waals surface area contributed by atoms with Crippen LogP contribution in [-0.4, -0.2) is 15.0 Å². The predicted octanol–water partition coefficient (Wildman–Crippen LogP) is 13.1. The molecule has 5 heteroatoms. The second-order valence-electron chi connectivity index (χ2n) is 13.6. The summed E-state index contributed by atoms with van der Waals surface area (Å²) in [6.07, 6.45) is 0. The van der Waals surface area contributed by atoms with E-state index in [-0.39, 0.29) is 0 Å². The first-order chi connectivity index (χ1) is 26.8. The summed E-state index contributed by atoms with van der Waals surface area (Å²) in [6, 6.07) is 63.4. The van der Waals surface area contributed by atoms with E-state index in [4.69, 9.17) is 19.4 Å². The van der Waals surface area contributed by atoms with Gasteiger partial charge in [0.05, 0.1) is 16.8 Å². The fourth-order valence-electron chi connectivity index (χ4n) is 7.96. The van der Waals surface area contributed by atoms with Crippen molar-refractivity contribution in [2.45, 2.75) is 0 Å². The van der Waals surface area contributed by atoms with Crippen LogP contribution in [0.5, 0.6) is 0 Å². The van der Waals surface area contributed by atoms with Gasteiger partial charge in [-0.2, -0.15) is 0 Å². The Morgan fingerprint density at radius 3 is 1.56 bits per heavy atom. The second-order valence-corrected chi connectivity index (χ2v) is 13.6. The van der Waals surface area contributed by atoms with Gasteiger partial charge in [0.1, 0.15) is 11.2 Å². The molecule has 0 saturated heterocycles. The molecule has 0 aliphatic heterocycles. The number of anilines is 3. The van der Waals surface area contributed by atoms with Crippen molar-refractivity contribution in [3.05, 3.63) is 182 Å². The fraction of sp³-hybridized carbons (Fsp3) is 0. The van der Waals surface area contributed by atoms with Crippen molar-refractivity contribution >= 4 is 71.3 Å². The van der Waals surface area contributed by atoms with Gasteiger partial charge in [-0.3, -0.25) is 0 Å². The number of para-hydroxylation sites is 1. The minimum absolute atomic E-state index is 0.617. The summed E-state index contributed by atoms with van der Waals surface area (Å²) in [5.74, 6) is 1.89. The third kappa shape index (κ3) is 4.83. The van der Waals surface area contributed by atoms with Gasteiger partial charge in [-0.15, -0.1) is 0 Å². The number of nitrogens with zero attached hydrogens (tertiary/aromatic N) is 4. The number of hydrogen-bond acceptors (Lipinski definition) is 5. The van der Waals surface area contributed by atoms with Gasteiger partial charge in [0.25, 0.3) is 0 Å². The van der Waals surface area contributed by atoms with Crippen molar-refractivity contribution in [2.24, 2.45) is 0 Å². The van der Waals surface area contributed by atoms with Crippen LogP contribution in [0, 0.1) is 0 Å². The van der Waals surface area contributed by atoms with Gasteiger partial charge in [-0.1, -0.05) is 133 Å². The maximum atomic E-state index is 6.42. The van der Waals surface area contributed by atoms with Gasteiger partial charge in [-0.25, -0.2) is 15.0 Å². The van der Waals surface area contributed by atoms with E-state index < -0.39 is 0 Å². The van der Waals surface area contributed by atoms with Gasteiger partial charge >= 0.3 is 0 Å². The predicted molar refractivity (Wildman–Crippen MR) is 222 cm³/mol. The Balaban J connectivity index is 1.13. The summed E-state index contributed by atoms with van der Waals surface area (Å²) in [4.78, 5) is 17.3. The van der Waals surface area contributed by atoms with E-state index in [2.05, 4.69) is 114 Å². The van der Waals surface area contributed by atoms with Crippen LogP contribution in [-0.2, 0) is 0 Å². The lowest BCUT2D eigenvalue weighted by Gasteiger charge is -2.28. The molecule has 0 bridgehead atoms. The number of hydrogen-bond donors (Lipinski definition) is 0. The molecule has 0 unspecified atom stereocenters. The van der Waals surface area contributed by atoms with Crippen LogP contribution in [0.4, 0.5) is 17.1 Å². The summed E-state index contributed by atoms with van der Waals surface area (Å²) in [6.45, 7) is 0. The molecule has 11 rings (SSSR count). The molecule has 0 radical (unpaired) electrons. The Hall–Kier alpha value is -7.37. The molecule has 5 nitrogen and oxygen atoms in total.